The summed E-state index contributed by atoms with van der Waals surface area (Å²) in [5, 5.41) is 15.8. The molecule has 16 nitrogen and oxygen atoms in total. The summed E-state index contributed by atoms with van der Waals surface area (Å²) in [7, 11) is 5.95. The number of aliphatic carboxylic acids is 1. The van der Waals surface area contributed by atoms with E-state index in [0.717, 1.165) is 72.0 Å². The third-order valence-corrected chi connectivity index (χ3v) is 12.9. The molecular weight excluding hydrogens is 812 g/mol. The number of aromatic nitrogens is 4. The number of methoxy groups -OCH3 is 2. The van der Waals surface area contributed by atoms with Crippen LogP contribution >= 0.6 is 0 Å². The highest BCUT2D eigenvalue weighted by Crippen LogP contribution is 2.33. The van der Waals surface area contributed by atoms with Crippen LogP contribution in [0.5, 0.6) is 0 Å². The zero-order valence-electron chi connectivity index (χ0n) is 38.1. The molecule has 2 aliphatic carbocycles. The number of carboxylic acid groups (broad SMARTS) is 1. The number of carboxylic acids is 1. The van der Waals surface area contributed by atoms with Crippen LogP contribution in [0.4, 0.5) is 15.8 Å². The van der Waals surface area contributed by atoms with Crippen LogP contribution in [0.15, 0.2) is 46.0 Å². The van der Waals surface area contributed by atoms with Crippen molar-refractivity contribution >= 4 is 51.2 Å². The number of hydrogen-bond donors (Lipinski definition) is 3. The number of benzene rings is 2. The first-order chi connectivity index (χ1) is 30.3. The summed E-state index contributed by atoms with van der Waals surface area (Å²) in [6.45, 7) is 8.07. The van der Waals surface area contributed by atoms with Gasteiger partial charge in [0.2, 0.25) is 11.8 Å². The maximum atomic E-state index is 13.0. The lowest BCUT2D eigenvalue weighted by Gasteiger charge is -2.37. The highest BCUT2D eigenvalue weighted by Gasteiger charge is 2.32. The number of carbonyl (C=O) groups is 3. The molecule has 2 aromatic heterocycles. The van der Waals surface area contributed by atoms with Crippen LogP contribution in [0, 0.1) is 23.7 Å². The Hall–Kier alpha value is -5.16. The summed E-state index contributed by atoms with van der Waals surface area (Å²) in [5.74, 6) is 0.168. The van der Waals surface area contributed by atoms with E-state index in [-0.39, 0.29) is 42.5 Å². The van der Waals surface area contributed by atoms with Crippen molar-refractivity contribution in [1.82, 2.24) is 28.1 Å². The van der Waals surface area contributed by atoms with Gasteiger partial charge in [-0.3, -0.25) is 37.0 Å². The molecule has 1 aliphatic heterocycles. The lowest BCUT2D eigenvalue weighted by atomic mass is 9.81. The molecular formula is C46H71FN8O8. The number of aryl methyl sites for hydroxylation is 2. The Morgan fingerprint density at radius 1 is 0.698 bits per heavy atom. The number of alkyl halides is 1. The molecule has 17 heteroatoms. The highest BCUT2D eigenvalue weighted by molar-refractivity contribution is 5.82. The van der Waals surface area contributed by atoms with Gasteiger partial charge in [-0.15, -0.1) is 0 Å². The van der Waals surface area contributed by atoms with E-state index < -0.39 is 13.1 Å². The molecule has 1 saturated heterocycles. The van der Waals surface area contributed by atoms with E-state index in [4.69, 9.17) is 16.0 Å². The second kappa shape index (κ2) is 24.1. The van der Waals surface area contributed by atoms with Crippen LogP contribution < -0.4 is 22.0 Å². The van der Waals surface area contributed by atoms with E-state index in [0.29, 0.717) is 90.2 Å². The number of fused-ring (bicyclic) bond motifs is 2. The van der Waals surface area contributed by atoms with Gasteiger partial charge < -0.3 is 35.0 Å². The average Bonchev–Trinajstić information content (AvgIpc) is 3.66. The van der Waals surface area contributed by atoms with Gasteiger partial charge in [-0.1, -0.05) is 7.43 Å². The minimum absolute atomic E-state index is 0. The van der Waals surface area contributed by atoms with E-state index in [1.54, 1.807) is 42.2 Å². The number of piperazine rings is 1. The Bertz CT molecular complexity index is 2250. The lowest BCUT2D eigenvalue weighted by Crippen LogP contribution is -2.51. The number of nitrogens with one attached hydrogen (secondary N) is 2. The number of amides is 2. The SMILES string of the molecule is C.COCCNc1ccc2c(c1)n(CC1CCC(C(=O)N3CCN(C(C)=O)CC3)CC1)c(=O)n2C.COCCNc1ccc2c(c1)n(CC1CCC(C(=O)O)CC1)c(=O)n2C.[2H]CF. The van der Waals surface area contributed by atoms with Crippen molar-refractivity contribution in [2.75, 3.05) is 84.5 Å². The maximum Gasteiger partial charge on any atom is 0.328 e. The molecule has 0 unspecified atom stereocenters. The van der Waals surface area contributed by atoms with E-state index in [2.05, 4.69) is 10.6 Å². The molecule has 3 N–H and O–H groups in total. The fourth-order valence-corrected chi connectivity index (χ4v) is 9.19. The molecule has 3 aliphatic rings. The smallest absolute Gasteiger partial charge is 0.328 e. The zero-order valence-corrected chi connectivity index (χ0v) is 37.1. The average molecular weight is 884 g/mol. The Kier molecular flexibility index (Phi) is 18.7. The first-order valence-electron chi connectivity index (χ1n) is 22.5. The Balaban J connectivity index is 0.000000268. The van der Waals surface area contributed by atoms with Crippen LogP contribution in [0.2, 0.25) is 0 Å². The molecule has 350 valence electrons. The van der Waals surface area contributed by atoms with Gasteiger partial charge in [-0.25, -0.2) is 9.59 Å². The zero-order chi connectivity index (χ0) is 45.6. The monoisotopic (exact) mass is 884 g/mol. The van der Waals surface area contributed by atoms with Gasteiger partial charge in [0.15, 0.2) is 0 Å². The third-order valence-electron chi connectivity index (χ3n) is 12.9. The Labute approximate surface area is 371 Å². The molecule has 0 spiro atoms. The fourth-order valence-electron chi connectivity index (χ4n) is 9.19. The van der Waals surface area contributed by atoms with E-state index in [9.17, 15) is 28.4 Å². The van der Waals surface area contributed by atoms with Crippen molar-refractivity contribution in [3.8, 4) is 0 Å². The Morgan fingerprint density at radius 3 is 1.48 bits per heavy atom. The van der Waals surface area contributed by atoms with Gasteiger partial charge >= 0.3 is 17.3 Å². The molecule has 0 bridgehead atoms. The summed E-state index contributed by atoms with van der Waals surface area (Å²) < 4.78 is 32.8. The predicted octanol–water partition coefficient (Wildman–Crippen LogP) is 5.41. The molecule has 7 rings (SSSR count). The summed E-state index contributed by atoms with van der Waals surface area (Å²) >= 11 is 0. The maximum absolute atomic E-state index is 13.0. The summed E-state index contributed by atoms with van der Waals surface area (Å²) in [6.07, 6.45) is 6.71. The molecule has 2 amide bonds. The quantitative estimate of drug-likeness (QED) is 0.139. The van der Waals surface area contributed by atoms with Gasteiger partial charge in [-0.05, 0) is 99.6 Å². The van der Waals surface area contributed by atoms with Gasteiger partial charge in [-0.2, -0.15) is 0 Å². The van der Waals surface area contributed by atoms with Crippen molar-refractivity contribution in [2.45, 2.75) is 78.8 Å². The Morgan fingerprint density at radius 2 is 1.10 bits per heavy atom. The number of rotatable bonds is 14. The summed E-state index contributed by atoms with van der Waals surface area (Å²) in [4.78, 5) is 65.1. The number of hydrogen-bond acceptors (Lipinski definition) is 9. The van der Waals surface area contributed by atoms with Gasteiger partial charge in [0.1, 0.15) is 0 Å². The molecule has 0 radical (unpaired) electrons. The second-order valence-electron chi connectivity index (χ2n) is 16.8. The molecule has 2 aromatic carbocycles. The predicted molar refractivity (Wildman–Crippen MR) is 246 cm³/mol. The van der Waals surface area contributed by atoms with Crippen molar-refractivity contribution < 1.29 is 34.7 Å². The van der Waals surface area contributed by atoms with Crippen LogP contribution in [-0.2, 0) is 51.0 Å². The van der Waals surface area contributed by atoms with E-state index in [1.165, 1.54) is 0 Å². The highest BCUT2D eigenvalue weighted by atomic mass is 19.1. The van der Waals surface area contributed by atoms with Crippen molar-refractivity contribution in [3.63, 3.8) is 0 Å². The topological polar surface area (TPSA) is 174 Å². The van der Waals surface area contributed by atoms with Gasteiger partial charge in [0.05, 0.1) is 49.7 Å². The van der Waals surface area contributed by atoms with E-state index >= 15 is 0 Å². The molecule has 4 aromatic rings. The summed E-state index contributed by atoms with van der Waals surface area (Å²) in [5.41, 5.74) is 5.62. The largest absolute Gasteiger partial charge is 0.481 e. The van der Waals surface area contributed by atoms with Crippen LogP contribution in [0.25, 0.3) is 22.1 Å². The van der Waals surface area contributed by atoms with Crippen molar-refractivity contribution in [1.29, 1.82) is 0 Å². The third kappa shape index (κ3) is 12.5. The standard InChI is InChI=1S/C25H37N5O4.C19H27N3O4.CH3F.CH4/c1-18(31)28-11-13-29(14-12-28)24(32)20-6-4-19(5-7-20)17-30-23-16-21(26-10-15-34-3)8-9-22(23)27(2)25(30)33;1-21-16-8-7-15(20-9-10-26-2)11-17(16)22(19(21)25)12-13-3-5-14(6-4-13)18(23)24;1-2;/h8-9,16,19-20,26H,4-7,10-15,17H2,1-3H3;7-8,11,13-14,20H,3-6,9-10,12H2,1-2H3,(H,23,24);1H3;1H4/i;;1D;. The van der Waals surface area contributed by atoms with Gasteiger partial charge in [0, 0.05) is 105 Å². The number of carbonyl (C=O) groups excluding carboxylic acids is 2. The number of ether oxygens (including phenoxy) is 2. The first-order valence-corrected chi connectivity index (χ1v) is 21.8. The molecule has 0 atom stereocenters. The first kappa shape index (κ1) is 48.9. The summed E-state index contributed by atoms with van der Waals surface area (Å²) in [6, 6.07) is 12.0. The number of imidazole rings is 2. The van der Waals surface area contributed by atoms with Crippen LogP contribution in [0.1, 0.15) is 67.1 Å². The minimum Gasteiger partial charge on any atom is -0.481 e. The van der Waals surface area contributed by atoms with Crippen molar-refractivity contribution in [3.05, 3.63) is 57.4 Å². The molecule has 3 heterocycles. The van der Waals surface area contributed by atoms with Crippen molar-refractivity contribution in [2.24, 2.45) is 37.8 Å². The normalized spacial score (nSPS) is 20.1. The van der Waals surface area contributed by atoms with Crippen LogP contribution in [0.3, 0.4) is 0 Å². The van der Waals surface area contributed by atoms with Gasteiger partial charge in [0.25, 0.3) is 0 Å². The second-order valence-corrected chi connectivity index (χ2v) is 16.8. The fraction of sp³-hybridized carbons (Fsp3) is 0.630. The lowest BCUT2D eigenvalue weighted by molar-refractivity contribution is -0.143. The number of halogens is 1. The van der Waals surface area contributed by atoms with E-state index in [1.807, 2.05) is 57.5 Å². The number of nitrogens with zero attached hydrogens (tertiary/aromatic N) is 6. The molecule has 3 fully saturated rings. The molecule has 2 saturated carbocycles. The number of anilines is 2. The minimum atomic E-state index is -1.00. The molecule has 63 heavy (non-hydrogen) atoms. The van der Waals surface area contributed by atoms with Crippen LogP contribution in [-0.4, -0.2) is 125 Å².